The summed E-state index contributed by atoms with van der Waals surface area (Å²) in [6.07, 6.45) is 6.61. The lowest BCUT2D eigenvalue weighted by Gasteiger charge is -2.37. The van der Waals surface area contributed by atoms with E-state index >= 15 is 0 Å². The van der Waals surface area contributed by atoms with Gasteiger partial charge in [0, 0.05) is 5.82 Å². The summed E-state index contributed by atoms with van der Waals surface area (Å²) in [5.41, 5.74) is -1.69. The molecule has 2 atom stereocenters. The van der Waals surface area contributed by atoms with Gasteiger partial charge in [-0.2, -0.15) is 0 Å². The third kappa shape index (κ3) is 2.67. The van der Waals surface area contributed by atoms with Crippen molar-refractivity contribution >= 4 is 20.1 Å². The highest BCUT2D eigenvalue weighted by Gasteiger charge is 2.51. The number of rotatable bonds is 4. The van der Waals surface area contributed by atoms with E-state index in [4.69, 9.17) is 0 Å². The fraction of sp³-hybridized carbons (Fsp3) is 0.222. The standard InChI is InChI=1S/C9H13B2NO5/c1-2-8(13)12-9(11(16)17)6-4-3-5-7(9)10(14)15/h2-7,14-17H,1H2,(H,12,13). The lowest BCUT2D eigenvalue weighted by molar-refractivity contribution is -0.117. The maximum absolute atomic E-state index is 11.3. The molecule has 1 amide bonds. The third-order valence-corrected chi connectivity index (χ3v) is 2.63. The van der Waals surface area contributed by atoms with Gasteiger partial charge >= 0.3 is 14.2 Å². The van der Waals surface area contributed by atoms with Crippen LogP contribution in [0.3, 0.4) is 0 Å². The SMILES string of the molecule is C=CC(=O)NC1(B(O)O)C=CC=CC1B(O)O. The molecule has 1 rings (SSSR count). The molecule has 0 aliphatic heterocycles. The van der Waals surface area contributed by atoms with Gasteiger partial charge < -0.3 is 25.4 Å². The number of carbonyl (C=O) groups is 1. The van der Waals surface area contributed by atoms with E-state index in [1.165, 1.54) is 24.3 Å². The first-order valence-corrected chi connectivity index (χ1v) is 4.97. The van der Waals surface area contributed by atoms with Crippen molar-refractivity contribution < 1.29 is 24.9 Å². The topological polar surface area (TPSA) is 110 Å². The zero-order chi connectivity index (χ0) is 13.1. The number of allylic oxidation sites excluding steroid dienone is 2. The first-order valence-electron chi connectivity index (χ1n) is 4.97. The number of carbonyl (C=O) groups excluding carboxylic acids is 1. The molecule has 0 saturated carbocycles. The second-order valence-corrected chi connectivity index (χ2v) is 3.68. The molecule has 0 spiro atoms. The first kappa shape index (κ1) is 13.7. The van der Waals surface area contributed by atoms with Crippen molar-refractivity contribution in [2.45, 2.75) is 11.3 Å². The minimum atomic E-state index is -1.99. The zero-order valence-corrected chi connectivity index (χ0v) is 9.02. The van der Waals surface area contributed by atoms with E-state index in [1.807, 2.05) is 0 Å². The van der Waals surface area contributed by atoms with E-state index < -0.39 is 31.4 Å². The number of nitrogens with one attached hydrogen (secondary N) is 1. The average molecular weight is 237 g/mol. The van der Waals surface area contributed by atoms with Crippen LogP contribution >= 0.6 is 0 Å². The van der Waals surface area contributed by atoms with Crippen molar-refractivity contribution in [3.05, 3.63) is 37.0 Å². The van der Waals surface area contributed by atoms with Gasteiger partial charge in [-0.25, -0.2) is 0 Å². The van der Waals surface area contributed by atoms with Crippen LogP contribution in [0.1, 0.15) is 0 Å². The predicted octanol–water partition coefficient (Wildman–Crippen LogP) is -1.99. The summed E-state index contributed by atoms with van der Waals surface area (Å²) in [6, 6.07) is 0. The monoisotopic (exact) mass is 237 g/mol. The Morgan fingerprint density at radius 2 is 2.00 bits per heavy atom. The van der Waals surface area contributed by atoms with Crippen LogP contribution in [0.5, 0.6) is 0 Å². The second kappa shape index (κ2) is 5.33. The average Bonchev–Trinajstić information content (AvgIpc) is 2.28. The summed E-state index contributed by atoms with van der Waals surface area (Å²) < 4.78 is 0. The van der Waals surface area contributed by atoms with Gasteiger partial charge in [-0.15, -0.1) is 0 Å². The van der Waals surface area contributed by atoms with Gasteiger partial charge in [0.25, 0.3) is 0 Å². The summed E-state index contributed by atoms with van der Waals surface area (Å²) in [6.45, 7) is 3.24. The van der Waals surface area contributed by atoms with E-state index in [0.717, 1.165) is 6.08 Å². The molecule has 0 bridgehead atoms. The van der Waals surface area contributed by atoms with E-state index in [2.05, 4.69) is 11.9 Å². The van der Waals surface area contributed by atoms with Crippen molar-refractivity contribution in [3.8, 4) is 0 Å². The summed E-state index contributed by atoms with van der Waals surface area (Å²) in [5.74, 6) is -1.72. The zero-order valence-electron chi connectivity index (χ0n) is 9.02. The third-order valence-electron chi connectivity index (χ3n) is 2.63. The molecule has 0 fully saturated rings. The Hall–Kier alpha value is -1.34. The maximum Gasteiger partial charge on any atom is 0.483 e. The quantitative estimate of drug-likeness (QED) is 0.287. The Morgan fingerprint density at radius 1 is 1.35 bits per heavy atom. The fourth-order valence-corrected chi connectivity index (χ4v) is 1.73. The highest BCUT2D eigenvalue weighted by Crippen LogP contribution is 2.32. The molecule has 0 aromatic rings. The highest BCUT2D eigenvalue weighted by molar-refractivity contribution is 6.54. The van der Waals surface area contributed by atoms with Crippen molar-refractivity contribution in [2.24, 2.45) is 0 Å². The molecular formula is C9H13B2NO5. The van der Waals surface area contributed by atoms with Crippen LogP contribution in [-0.2, 0) is 4.79 Å². The molecule has 0 saturated heterocycles. The molecule has 5 N–H and O–H groups in total. The number of hydrogen-bond acceptors (Lipinski definition) is 5. The van der Waals surface area contributed by atoms with Crippen LogP contribution in [0.25, 0.3) is 0 Å². The largest absolute Gasteiger partial charge is 0.483 e. The summed E-state index contributed by atoms with van der Waals surface area (Å²) in [4.78, 5) is 11.3. The van der Waals surface area contributed by atoms with E-state index in [0.29, 0.717) is 0 Å². The Bertz CT molecular complexity index is 368. The minimum Gasteiger partial charge on any atom is -0.427 e. The van der Waals surface area contributed by atoms with Gasteiger partial charge in [0.2, 0.25) is 5.91 Å². The lowest BCUT2D eigenvalue weighted by Crippen LogP contribution is -2.63. The molecule has 0 radical (unpaired) electrons. The van der Waals surface area contributed by atoms with Crippen molar-refractivity contribution in [2.75, 3.05) is 0 Å². The second-order valence-electron chi connectivity index (χ2n) is 3.68. The van der Waals surface area contributed by atoms with Crippen LogP contribution in [0, 0.1) is 0 Å². The molecule has 6 nitrogen and oxygen atoms in total. The van der Waals surface area contributed by atoms with Crippen LogP contribution in [0.4, 0.5) is 0 Å². The number of hydrogen-bond donors (Lipinski definition) is 5. The number of amides is 1. The minimum absolute atomic E-state index is 0.649. The van der Waals surface area contributed by atoms with E-state index in [9.17, 15) is 24.9 Å². The molecule has 8 heteroatoms. The molecule has 90 valence electrons. The molecule has 0 heterocycles. The smallest absolute Gasteiger partial charge is 0.427 e. The van der Waals surface area contributed by atoms with Crippen molar-refractivity contribution in [1.29, 1.82) is 0 Å². The van der Waals surface area contributed by atoms with E-state index in [-0.39, 0.29) is 0 Å². The lowest BCUT2D eigenvalue weighted by atomic mass is 9.47. The Kier molecular flexibility index (Phi) is 4.30. The van der Waals surface area contributed by atoms with Crippen molar-refractivity contribution in [1.82, 2.24) is 5.32 Å². The van der Waals surface area contributed by atoms with Gasteiger partial charge in [0.05, 0.1) is 5.44 Å². The predicted molar refractivity (Wildman–Crippen MR) is 63.5 cm³/mol. The van der Waals surface area contributed by atoms with Crippen LogP contribution in [0.15, 0.2) is 37.0 Å². The Labute approximate surface area is 99.3 Å². The molecule has 0 aromatic carbocycles. The van der Waals surface area contributed by atoms with Gasteiger partial charge in [0.15, 0.2) is 0 Å². The Morgan fingerprint density at radius 3 is 2.47 bits per heavy atom. The summed E-state index contributed by atoms with van der Waals surface area (Å²) in [7, 11) is -3.83. The molecule has 2 unspecified atom stereocenters. The molecular weight excluding hydrogens is 224 g/mol. The van der Waals surface area contributed by atoms with Crippen LogP contribution < -0.4 is 5.32 Å². The van der Waals surface area contributed by atoms with Crippen molar-refractivity contribution in [3.63, 3.8) is 0 Å². The van der Waals surface area contributed by atoms with Gasteiger partial charge in [-0.3, -0.25) is 4.79 Å². The Balaban J connectivity index is 3.11. The summed E-state index contributed by atoms with van der Waals surface area (Å²) >= 11 is 0. The maximum atomic E-state index is 11.3. The van der Waals surface area contributed by atoms with E-state index in [1.54, 1.807) is 0 Å². The normalized spacial score (nSPS) is 26.5. The molecule has 1 aliphatic rings. The highest BCUT2D eigenvalue weighted by atomic mass is 16.4. The van der Waals surface area contributed by atoms with Crippen LogP contribution in [0.2, 0.25) is 5.82 Å². The van der Waals surface area contributed by atoms with Gasteiger partial charge in [-0.05, 0) is 6.08 Å². The molecule has 17 heavy (non-hydrogen) atoms. The summed E-state index contributed by atoms with van der Waals surface area (Å²) in [5, 5.41) is 39.5. The fourth-order valence-electron chi connectivity index (χ4n) is 1.73. The van der Waals surface area contributed by atoms with Gasteiger partial charge in [0.1, 0.15) is 0 Å². The van der Waals surface area contributed by atoms with Crippen LogP contribution in [-0.4, -0.2) is 45.7 Å². The van der Waals surface area contributed by atoms with Gasteiger partial charge in [-0.1, -0.05) is 30.9 Å². The molecule has 1 aliphatic carbocycles. The molecule has 0 aromatic heterocycles. The first-order chi connectivity index (χ1) is 7.94.